The monoisotopic (exact) mass is 290 g/mol. The Labute approximate surface area is 129 Å². The van der Waals surface area contributed by atoms with Crippen molar-refractivity contribution in [2.24, 2.45) is 5.92 Å². The van der Waals surface area contributed by atoms with Gasteiger partial charge in [-0.1, -0.05) is 44.2 Å². The van der Waals surface area contributed by atoms with Gasteiger partial charge in [-0.2, -0.15) is 0 Å². The fourth-order valence-electron chi connectivity index (χ4n) is 2.72. The summed E-state index contributed by atoms with van der Waals surface area (Å²) in [6, 6.07) is 11.2. The van der Waals surface area contributed by atoms with Gasteiger partial charge in [0.15, 0.2) is 0 Å². The number of nitrogens with one attached hydrogen (secondary N) is 1. The van der Waals surface area contributed by atoms with Gasteiger partial charge in [-0.3, -0.25) is 4.90 Å². The molecule has 1 N–H and O–H groups in total. The molecule has 1 aromatic carbocycles. The Bertz CT molecular complexity index is 380. The molecule has 118 valence electrons. The molecule has 3 nitrogen and oxygen atoms in total. The highest BCUT2D eigenvalue weighted by atomic mass is 16.5. The normalized spacial score (nSPS) is 20.6. The van der Waals surface area contributed by atoms with Gasteiger partial charge in [0.1, 0.15) is 0 Å². The Morgan fingerprint density at radius 3 is 2.81 bits per heavy atom. The van der Waals surface area contributed by atoms with E-state index in [1.807, 2.05) is 0 Å². The molecule has 0 aromatic heterocycles. The van der Waals surface area contributed by atoms with Crippen LogP contribution in [0.2, 0.25) is 0 Å². The van der Waals surface area contributed by atoms with Crippen LogP contribution in [0.1, 0.15) is 38.3 Å². The van der Waals surface area contributed by atoms with Crippen molar-refractivity contribution in [1.29, 1.82) is 0 Å². The van der Waals surface area contributed by atoms with Crippen molar-refractivity contribution in [2.45, 2.75) is 32.7 Å². The summed E-state index contributed by atoms with van der Waals surface area (Å²) in [7, 11) is 0. The summed E-state index contributed by atoms with van der Waals surface area (Å²) in [6.45, 7) is 10.6. The summed E-state index contributed by atoms with van der Waals surface area (Å²) in [5.74, 6) is 0.731. The number of rotatable bonds is 7. The lowest BCUT2D eigenvalue weighted by molar-refractivity contribution is 0.0954. The topological polar surface area (TPSA) is 24.5 Å². The first kappa shape index (κ1) is 16.5. The van der Waals surface area contributed by atoms with E-state index in [9.17, 15) is 0 Å². The van der Waals surface area contributed by atoms with E-state index in [0.717, 1.165) is 45.2 Å². The molecule has 1 saturated heterocycles. The molecule has 0 radical (unpaired) electrons. The van der Waals surface area contributed by atoms with Gasteiger partial charge in [-0.25, -0.2) is 0 Å². The zero-order valence-electron chi connectivity index (χ0n) is 13.6. The second-order valence-corrected chi connectivity index (χ2v) is 6.37. The zero-order chi connectivity index (χ0) is 14.9. The van der Waals surface area contributed by atoms with E-state index >= 15 is 0 Å². The number of benzene rings is 1. The predicted octanol–water partition coefficient (Wildman–Crippen LogP) is 3.09. The van der Waals surface area contributed by atoms with E-state index < -0.39 is 0 Å². The quantitative estimate of drug-likeness (QED) is 0.781. The Kier molecular flexibility index (Phi) is 7.20. The predicted molar refractivity (Wildman–Crippen MR) is 88.5 cm³/mol. The third-order valence-electron chi connectivity index (χ3n) is 4.08. The molecule has 0 aliphatic carbocycles. The van der Waals surface area contributed by atoms with Crippen molar-refractivity contribution in [3.8, 4) is 0 Å². The first-order valence-electron chi connectivity index (χ1n) is 8.34. The molecule has 1 fully saturated rings. The number of hydrogen-bond acceptors (Lipinski definition) is 3. The maximum absolute atomic E-state index is 5.77. The minimum Gasteiger partial charge on any atom is -0.380 e. The molecule has 1 aliphatic heterocycles. The van der Waals surface area contributed by atoms with Crippen LogP contribution < -0.4 is 5.32 Å². The van der Waals surface area contributed by atoms with E-state index in [1.165, 1.54) is 18.5 Å². The third kappa shape index (κ3) is 6.16. The highest BCUT2D eigenvalue weighted by molar-refractivity contribution is 5.19. The highest BCUT2D eigenvalue weighted by Gasteiger charge is 2.18. The Morgan fingerprint density at radius 2 is 2.05 bits per heavy atom. The number of nitrogens with zero attached hydrogens (tertiary/aromatic N) is 1. The van der Waals surface area contributed by atoms with Crippen molar-refractivity contribution >= 4 is 0 Å². The lowest BCUT2D eigenvalue weighted by Crippen LogP contribution is -2.33. The van der Waals surface area contributed by atoms with E-state index in [4.69, 9.17) is 4.74 Å². The second kappa shape index (κ2) is 9.19. The minimum atomic E-state index is 0.448. The standard InChI is InChI=1S/C18H30N2O/c1-16(2)9-13-21-14-12-20-11-6-10-19-18(15-20)17-7-4-3-5-8-17/h3-5,7-8,16,18-19H,6,9-15H2,1-2H3. The lowest BCUT2D eigenvalue weighted by atomic mass is 10.1. The van der Waals surface area contributed by atoms with Crippen LogP contribution >= 0.6 is 0 Å². The molecule has 1 aromatic rings. The molecular formula is C18H30N2O. The van der Waals surface area contributed by atoms with Crippen LogP contribution in [-0.4, -0.2) is 44.3 Å². The Hall–Kier alpha value is -0.900. The van der Waals surface area contributed by atoms with Crippen LogP contribution in [0, 0.1) is 5.92 Å². The molecule has 0 amide bonds. The van der Waals surface area contributed by atoms with Gasteiger partial charge in [0, 0.05) is 25.7 Å². The van der Waals surface area contributed by atoms with Crippen LogP contribution in [0.3, 0.4) is 0 Å². The van der Waals surface area contributed by atoms with Gasteiger partial charge in [0.25, 0.3) is 0 Å². The minimum absolute atomic E-state index is 0.448. The molecule has 0 spiro atoms. The molecule has 2 rings (SSSR count). The van der Waals surface area contributed by atoms with Gasteiger partial charge in [0.2, 0.25) is 0 Å². The number of hydrogen-bond donors (Lipinski definition) is 1. The summed E-state index contributed by atoms with van der Waals surface area (Å²) >= 11 is 0. The molecular weight excluding hydrogens is 260 g/mol. The second-order valence-electron chi connectivity index (χ2n) is 6.37. The zero-order valence-corrected chi connectivity index (χ0v) is 13.6. The fourth-order valence-corrected chi connectivity index (χ4v) is 2.72. The van der Waals surface area contributed by atoms with Crippen molar-refractivity contribution < 1.29 is 4.74 Å². The van der Waals surface area contributed by atoms with Gasteiger partial charge in [0.05, 0.1) is 6.61 Å². The van der Waals surface area contributed by atoms with Crippen LogP contribution in [0.5, 0.6) is 0 Å². The molecule has 0 saturated carbocycles. The average molecular weight is 290 g/mol. The van der Waals surface area contributed by atoms with E-state index in [1.54, 1.807) is 0 Å². The van der Waals surface area contributed by atoms with Crippen molar-refractivity contribution in [3.63, 3.8) is 0 Å². The smallest absolute Gasteiger partial charge is 0.0593 e. The maximum atomic E-state index is 5.77. The van der Waals surface area contributed by atoms with Gasteiger partial charge >= 0.3 is 0 Å². The molecule has 1 heterocycles. The SMILES string of the molecule is CC(C)CCOCCN1CCCNC(c2ccccc2)C1. The lowest BCUT2D eigenvalue weighted by Gasteiger charge is -2.24. The molecule has 3 heteroatoms. The summed E-state index contributed by atoms with van der Waals surface area (Å²) in [6.07, 6.45) is 2.38. The molecule has 1 atom stereocenters. The van der Waals surface area contributed by atoms with Crippen LogP contribution in [0.15, 0.2) is 30.3 Å². The molecule has 21 heavy (non-hydrogen) atoms. The van der Waals surface area contributed by atoms with E-state index in [2.05, 4.69) is 54.4 Å². The fraction of sp³-hybridized carbons (Fsp3) is 0.667. The largest absolute Gasteiger partial charge is 0.380 e. The van der Waals surface area contributed by atoms with Crippen LogP contribution in [0.4, 0.5) is 0 Å². The molecule has 1 aliphatic rings. The Balaban J connectivity index is 1.75. The van der Waals surface area contributed by atoms with Crippen LogP contribution in [-0.2, 0) is 4.74 Å². The summed E-state index contributed by atoms with van der Waals surface area (Å²) in [4.78, 5) is 2.53. The van der Waals surface area contributed by atoms with E-state index in [-0.39, 0.29) is 0 Å². The van der Waals surface area contributed by atoms with Gasteiger partial charge < -0.3 is 10.1 Å². The third-order valence-corrected chi connectivity index (χ3v) is 4.08. The number of ether oxygens (including phenoxy) is 1. The van der Waals surface area contributed by atoms with E-state index in [0.29, 0.717) is 6.04 Å². The summed E-state index contributed by atoms with van der Waals surface area (Å²) < 4.78 is 5.77. The summed E-state index contributed by atoms with van der Waals surface area (Å²) in [5, 5.41) is 3.66. The van der Waals surface area contributed by atoms with Crippen molar-refractivity contribution in [2.75, 3.05) is 39.4 Å². The molecule has 0 bridgehead atoms. The Morgan fingerprint density at radius 1 is 1.24 bits per heavy atom. The van der Waals surface area contributed by atoms with Gasteiger partial charge in [-0.15, -0.1) is 0 Å². The first-order chi connectivity index (χ1) is 10.3. The van der Waals surface area contributed by atoms with Crippen LogP contribution in [0.25, 0.3) is 0 Å². The van der Waals surface area contributed by atoms with Crippen molar-refractivity contribution in [1.82, 2.24) is 10.2 Å². The maximum Gasteiger partial charge on any atom is 0.0593 e. The van der Waals surface area contributed by atoms with Crippen molar-refractivity contribution in [3.05, 3.63) is 35.9 Å². The average Bonchev–Trinajstić information content (AvgIpc) is 2.73. The van der Waals surface area contributed by atoms with Gasteiger partial charge in [-0.05, 0) is 37.4 Å². The summed E-state index contributed by atoms with van der Waals surface area (Å²) in [5.41, 5.74) is 1.39. The highest BCUT2D eigenvalue weighted by Crippen LogP contribution is 2.16. The first-order valence-corrected chi connectivity index (χ1v) is 8.34. The molecule has 1 unspecified atom stereocenters.